The van der Waals surface area contributed by atoms with Crippen LogP contribution in [0.15, 0.2) is 59.5 Å². The molecule has 8 heteroatoms. The van der Waals surface area contributed by atoms with E-state index in [0.717, 1.165) is 5.56 Å². The van der Waals surface area contributed by atoms with E-state index in [1.165, 1.54) is 35.2 Å². The molecule has 6 nitrogen and oxygen atoms in total. The number of benzene rings is 2. The molecule has 0 radical (unpaired) electrons. The Hall–Kier alpha value is -2.34. The van der Waals surface area contributed by atoms with E-state index in [-0.39, 0.29) is 28.9 Å². The summed E-state index contributed by atoms with van der Waals surface area (Å²) in [7, 11) is -2.09. The Labute approximate surface area is 157 Å². The van der Waals surface area contributed by atoms with E-state index in [1.54, 1.807) is 12.1 Å². The van der Waals surface area contributed by atoms with E-state index in [4.69, 9.17) is 5.26 Å². The lowest BCUT2D eigenvalue weighted by atomic mass is 10.2. The molecule has 136 valence electrons. The quantitative estimate of drug-likeness (QED) is 0.701. The van der Waals surface area contributed by atoms with Gasteiger partial charge in [-0.3, -0.25) is 4.79 Å². The number of hydrogen-bond acceptors (Lipinski definition) is 5. The van der Waals surface area contributed by atoms with Crippen LogP contribution in [0.3, 0.4) is 0 Å². The monoisotopic (exact) mass is 389 g/mol. The second-order valence-corrected chi connectivity index (χ2v) is 8.50. The van der Waals surface area contributed by atoms with Crippen LogP contribution in [-0.2, 0) is 21.4 Å². The maximum absolute atomic E-state index is 12.6. The Morgan fingerprint density at radius 1 is 1.15 bits per heavy atom. The second-order valence-electron chi connectivity index (χ2n) is 5.47. The number of nitriles is 1. The number of sulfonamides is 1. The number of rotatable bonds is 8. The van der Waals surface area contributed by atoms with Gasteiger partial charge in [0.1, 0.15) is 0 Å². The second kappa shape index (κ2) is 9.38. The van der Waals surface area contributed by atoms with Gasteiger partial charge in [-0.15, -0.1) is 11.8 Å². The highest BCUT2D eigenvalue weighted by molar-refractivity contribution is 8.00. The van der Waals surface area contributed by atoms with Crippen molar-refractivity contribution in [2.45, 2.75) is 11.4 Å². The van der Waals surface area contributed by atoms with E-state index >= 15 is 0 Å². The fraction of sp³-hybridized carbons (Fsp3) is 0.222. The van der Waals surface area contributed by atoms with Gasteiger partial charge >= 0.3 is 0 Å². The van der Waals surface area contributed by atoms with Crippen molar-refractivity contribution in [3.63, 3.8) is 0 Å². The van der Waals surface area contributed by atoms with Crippen molar-refractivity contribution in [3.05, 3.63) is 60.2 Å². The Bertz CT molecular complexity index is 876. The molecular weight excluding hydrogens is 370 g/mol. The lowest BCUT2D eigenvalue weighted by molar-refractivity contribution is -0.113. The predicted octanol–water partition coefficient (Wildman–Crippen LogP) is 2.70. The molecule has 0 fully saturated rings. The summed E-state index contributed by atoms with van der Waals surface area (Å²) in [4.78, 5) is 11.9. The average Bonchev–Trinajstić information content (AvgIpc) is 2.63. The first-order valence-corrected chi connectivity index (χ1v) is 10.4. The van der Waals surface area contributed by atoms with Crippen LogP contribution in [0.2, 0.25) is 0 Å². The minimum atomic E-state index is -3.62. The number of nitrogens with zero attached hydrogens (tertiary/aromatic N) is 2. The van der Waals surface area contributed by atoms with Crippen molar-refractivity contribution < 1.29 is 13.2 Å². The summed E-state index contributed by atoms with van der Waals surface area (Å²) in [6.07, 6.45) is 0. The summed E-state index contributed by atoms with van der Waals surface area (Å²) >= 11 is 1.22. The van der Waals surface area contributed by atoms with Gasteiger partial charge in [0.15, 0.2) is 0 Å². The van der Waals surface area contributed by atoms with Gasteiger partial charge in [0, 0.05) is 19.3 Å². The lowest BCUT2D eigenvalue weighted by Gasteiger charge is -2.17. The minimum absolute atomic E-state index is 0.160. The average molecular weight is 390 g/mol. The number of nitrogens with one attached hydrogen (secondary N) is 1. The van der Waals surface area contributed by atoms with Gasteiger partial charge in [0.25, 0.3) is 0 Å². The molecule has 0 unspecified atom stereocenters. The standard InChI is InChI=1S/C18H19N3O3S2/c1-21(13-15-5-3-2-4-6-15)26(23,24)17-9-7-16(8-10-17)20-18(22)14-25-12-11-19/h2-10H,12-14H2,1H3,(H,20,22). The van der Waals surface area contributed by atoms with E-state index in [2.05, 4.69) is 5.32 Å². The first-order valence-electron chi connectivity index (χ1n) is 7.78. The van der Waals surface area contributed by atoms with Crippen molar-refractivity contribution in [1.29, 1.82) is 5.26 Å². The molecule has 0 heterocycles. The third-order valence-electron chi connectivity index (χ3n) is 3.49. The maximum Gasteiger partial charge on any atom is 0.243 e. The first kappa shape index (κ1) is 20.0. The number of anilines is 1. The zero-order chi connectivity index (χ0) is 19.0. The fourth-order valence-electron chi connectivity index (χ4n) is 2.20. The number of carbonyl (C=O) groups excluding carboxylic acids is 1. The van der Waals surface area contributed by atoms with Crippen LogP contribution in [0.4, 0.5) is 5.69 Å². The summed E-state index contributed by atoms with van der Waals surface area (Å²) in [5.41, 5.74) is 1.41. The Kier molecular flexibility index (Phi) is 7.21. The molecule has 0 aliphatic carbocycles. The smallest absolute Gasteiger partial charge is 0.243 e. The first-order chi connectivity index (χ1) is 12.4. The summed E-state index contributed by atoms with van der Waals surface area (Å²) in [5, 5.41) is 11.1. The number of carbonyl (C=O) groups is 1. The molecule has 0 bridgehead atoms. The van der Waals surface area contributed by atoms with Crippen LogP contribution in [0.5, 0.6) is 0 Å². The van der Waals surface area contributed by atoms with Crippen LogP contribution >= 0.6 is 11.8 Å². The summed E-state index contributed by atoms with van der Waals surface area (Å²) < 4.78 is 26.6. The van der Waals surface area contributed by atoms with Gasteiger partial charge in [0.2, 0.25) is 15.9 Å². The third-order valence-corrected chi connectivity index (χ3v) is 6.11. The van der Waals surface area contributed by atoms with Crippen molar-refractivity contribution in [2.75, 3.05) is 23.9 Å². The molecule has 1 N–H and O–H groups in total. The van der Waals surface area contributed by atoms with Crippen LogP contribution in [-0.4, -0.2) is 37.2 Å². The third kappa shape index (κ3) is 5.59. The largest absolute Gasteiger partial charge is 0.325 e. The van der Waals surface area contributed by atoms with Crippen LogP contribution in [0.1, 0.15) is 5.56 Å². The molecule has 0 aliphatic heterocycles. The molecule has 2 aromatic carbocycles. The molecular formula is C18H19N3O3S2. The molecule has 0 aliphatic rings. The molecule has 2 rings (SSSR count). The highest BCUT2D eigenvalue weighted by Gasteiger charge is 2.20. The normalized spacial score (nSPS) is 11.1. The topological polar surface area (TPSA) is 90.3 Å². The Morgan fingerprint density at radius 2 is 1.81 bits per heavy atom. The summed E-state index contributed by atoms with van der Waals surface area (Å²) in [5.74, 6) is 0.188. The molecule has 26 heavy (non-hydrogen) atoms. The molecule has 2 aromatic rings. The molecule has 0 saturated heterocycles. The van der Waals surface area contributed by atoms with Gasteiger partial charge in [-0.25, -0.2) is 8.42 Å². The fourth-order valence-corrected chi connectivity index (χ4v) is 3.81. The van der Waals surface area contributed by atoms with Crippen molar-refractivity contribution >= 4 is 33.4 Å². The molecule has 0 atom stereocenters. The summed E-state index contributed by atoms with van der Waals surface area (Å²) in [6.45, 7) is 0.276. The highest BCUT2D eigenvalue weighted by atomic mass is 32.2. The number of thioether (sulfide) groups is 1. The van der Waals surface area contributed by atoms with Crippen LogP contribution in [0, 0.1) is 11.3 Å². The van der Waals surface area contributed by atoms with Gasteiger partial charge < -0.3 is 5.32 Å². The molecule has 0 aromatic heterocycles. The van der Waals surface area contributed by atoms with Gasteiger partial charge in [0.05, 0.1) is 22.5 Å². The highest BCUT2D eigenvalue weighted by Crippen LogP contribution is 2.19. The van der Waals surface area contributed by atoms with Crippen molar-refractivity contribution in [2.24, 2.45) is 0 Å². The minimum Gasteiger partial charge on any atom is -0.325 e. The van der Waals surface area contributed by atoms with Gasteiger partial charge in [-0.2, -0.15) is 9.57 Å². The molecule has 1 amide bonds. The maximum atomic E-state index is 12.6. The van der Waals surface area contributed by atoms with E-state index in [0.29, 0.717) is 5.69 Å². The van der Waals surface area contributed by atoms with Crippen LogP contribution in [0.25, 0.3) is 0 Å². The van der Waals surface area contributed by atoms with Gasteiger partial charge in [-0.1, -0.05) is 30.3 Å². The van der Waals surface area contributed by atoms with E-state index in [1.807, 2.05) is 36.4 Å². The van der Waals surface area contributed by atoms with Crippen LogP contribution < -0.4 is 5.32 Å². The van der Waals surface area contributed by atoms with Crippen molar-refractivity contribution in [3.8, 4) is 6.07 Å². The van der Waals surface area contributed by atoms with Crippen molar-refractivity contribution in [1.82, 2.24) is 4.31 Å². The lowest BCUT2D eigenvalue weighted by Crippen LogP contribution is -2.26. The van der Waals surface area contributed by atoms with E-state index in [9.17, 15) is 13.2 Å². The number of amides is 1. The summed E-state index contributed by atoms with van der Waals surface area (Å²) in [6, 6.07) is 17.3. The molecule has 0 saturated carbocycles. The van der Waals surface area contributed by atoms with E-state index < -0.39 is 10.0 Å². The zero-order valence-corrected chi connectivity index (χ0v) is 15.9. The predicted molar refractivity (Wildman–Crippen MR) is 103 cm³/mol. The Morgan fingerprint density at radius 3 is 2.42 bits per heavy atom. The Balaban J connectivity index is 2.02. The number of hydrogen-bond donors (Lipinski definition) is 1. The SMILES string of the molecule is CN(Cc1ccccc1)S(=O)(=O)c1ccc(NC(=O)CSCC#N)cc1. The molecule has 0 spiro atoms. The van der Waals surface area contributed by atoms with Gasteiger partial charge in [-0.05, 0) is 29.8 Å². The zero-order valence-electron chi connectivity index (χ0n) is 14.3.